The first kappa shape index (κ1) is 19.0. The second kappa shape index (κ2) is 6.53. The van der Waals surface area contributed by atoms with E-state index < -0.39 is 19.1 Å². The van der Waals surface area contributed by atoms with E-state index in [1.165, 1.54) is 10.9 Å². The molecule has 0 aliphatic rings. The summed E-state index contributed by atoms with van der Waals surface area (Å²) >= 11 is 3.17. The van der Waals surface area contributed by atoms with Gasteiger partial charge in [0.15, 0.2) is 14.1 Å². The average Bonchev–Trinajstić information content (AvgIpc) is 2.86. The number of aromatic nitrogens is 2. The summed E-state index contributed by atoms with van der Waals surface area (Å²) in [5, 5.41) is 15.6. The predicted octanol–water partition coefficient (Wildman–Crippen LogP) is 4.87. The molecule has 0 fully saturated rings. The van der Waals surface area contributed by atoms with Gasteiger partial charge in [0.1, 0.15) is 9.99 Å². The maximum Gasteiger partial charge on any atom is 0.287 e. The largest absolute Gasteiger partial charge is 0.415 e. The smallest absolute Gasteiger partial charge is 0.287 e. The van der Waals surface area contributed by atoms with Crippen molar-refractivity contribution < 1.29 is 13.7 Å². The van der Waals surface area contributed by atoms with Crippen molar-refractivity contribution in [1.82, 2.24) is 9.78 Å². The lowest BCUT2D eigenvalue weighted by atomic mass is 10.2. The van der Waals surface area contributed by atoms with Crippen LogP contribution in [0, 0.1) is 15.9 Å². The van der Waals surface area contributed by atoms with Gasteiger partial charge in [-0.3, -0.25) is 14.8 Å². The Morgan fingerprint density at radius 3 is 2.62 bits per heavy atom. The topological polar surface area (TPSA) is 70.2 Å². The molecule has 0 saturated heterocycles. The van der Waals surface area contributed by atoms with Crippen molar-refractivity contribution in [1.29, 1.82) is 0 Å². The molecular formula is C15H21BrFN3O3Si. The van der Waals surface area contributed by atoms with Crippen LogP contribution >= 0.6 is 15.9 Å². The summed E-state index contributed by atoms with van der Waals surface area (Å²) in [6.45, 7) is 11.6. The summed E-state index contributed by atoms with van der Waals surface area (Å²) in [5.74, 6) is -0.662. The minimum atomic E-state index is -1.89. The summed E-state index contributed by atoms with van der Waals surface area (Å²) < 4.78 is 22.1. The molecule has 0 amide bonds. The molecule has 0 aliphatic carbocycles. The molecule has 1 heterocycles. The molecular weight excluding hydrogens is 397 g/mol. The zero-order valence-electron chi connectivity index (χ0n) is 14.4. The Bertz CT molecular complexity index is 786. The predicted molar refractivity (Wildman–Crippen MR) is 97.2 cm³/mol. The molecule has 0 radical (unpaired) electrons. The zero-order chi connectivity index (χ0) is 18.3. The second-order valence-electron chi connectivity index (χ2n) is 7.19. The Morgan fingerprint density at radius 1 is 1.46 bits per heavy atom. The first-order chi connectivity index (χ1) is 11.0. The van der Waals surface area contributed by atoms with Crippen molar-refractivity contribution in [2.75, 3.05) is 6.61 Å². The van der Waals surface area contributed by atoms with Crippen molar-refractivity contribution in [3.05, 3.63) is 32.7 Å². The van der Waals surface area contributed by atoms with Gasteiger partial charge in [-0.2, -0.15) is 5.10 Å². The fourth-order valence-electron chi connectivity index (χ4n) is 2.09. The third-order valence-electron chi connectivity index (χ3n) is 4.56. The van der Waals surface area contributed by atoms with E-state index in [-0.39, 0.29) is 20.7 Å². The molecule has 0 unspecified atom stereocenters. The molecule has 1 aromatic heterocycles. The van der Waals surface area contributed by atoms with E-state index in [2.05, 4.69) is 54.9 Å². The van der Waals surface area contributed by atoms with Crippen LogP contribution in [-0.4, -0.2) is 29.6 Å². The van der Waals surface area contributed by atoms with Crippen LogP contribution in [-0.2, 0) is 11.0 Å². The number of hydrogen-bond acceptors (Lipinski definition) is 4. The van der Waals surface area contributed by atoms with E-state index in [0.29, 0.717) is 18.5 Å². The third-order valence-corrected chi connectivity index (χ3v) is 9.93. The molecule has 132 valence electrons. The molecule has 1 aromatic carbocycles. The number of benzene rings is 1. The lowest BCUT2D eigenvalue weighted by Crippen LogP contribution is -2.41. The quantitative estimate of drug-likeness (QED) is 0.395. The molecule has 0 N–H and O–H groups in total. The molecule has 6 nitrogen and oxygen atoms in total. The lowest BCUT2D eigenvalue weighted by molar-refractivity contribution is -0.385. The monoisotopic (exact) mass is 417 g/mol. The van der Waals surface area contributed by atoms with Crippen LogP contribution in [0.15, 0.2) is 16.7 Å². The Hall–Kier alpha value is -1.32. The zero-order valence-corrected chi connectivity index (χ0v) is 17.0. The average molecular weight is 418 g/mol. The lowest BCUT2D eigenvalue weighted by Gasteiger charge is -2.36. The highest BCUT2D eigenvalue weighted by atomic mass is 79.9. The van der Waals surface area contributed by atoms with Crippen LogP contribution in [0.3, 0.4) is 0 Å². The molecule has 0 spiro atoms. The maximum atomic E-state index is 14.3. The Balaban J connectivity index is 2.26. The summed E-state index contributed by atoms with van der Waals surface area (Å²) in [6.07, 6.45) is 1.43. The Labute approximate surface area is 149 Å². The summed E-state index contributed by atoms with van der Waals surface area (Å²) in [5.41, 5.74) is -0.0663. The highest BCUT2D eigenvalue weighted by Gasteiger charge is 2.37. The molecule has 0 saturated carbocycles. The van der Waals surface area contributed by atoms with E-state index in [9.17, 15) is 14.5 Å². The van der Waals surface area contributed by atoms with Crippen LogP contribution in [0.25, 0.3) is 10.9 Å². The first-order valence-electron chi connectivity index (χ1n) is 7.57. The Morgan fingerprint density at radius 2 is 2.08 bits per heavy atom. The van der Waals surface area contributed by atoms with Gasteiger partial charge >= 0.3 is 0 Å². The van der Waals surface area contributed by atoms with Gasteiger partial charge in [0.05, 0.1) is 30.3 Å². The van der Waals surface area contributed by atoms with Crippen molar-refractivity contribution in [3.63, 3.8) is 0 Å². The van der Waals surface area contributed by atoms with Gasteiger partial charge in [-0.05, 0) is 34.1 Å². The molecule has 0 bridgehead atoms. The summed E-state index contributed by atoms with van der Waals surface area (Å²) in [6, 6.07) is 0.916. The van der Waals surface area contributed by atoms with Crippen LogP contribution < -0.4 is 0 Å². The third kappa shape index (κ3) is 3.52. The number of halogens is 2. The Kier molecular flexibility index (Phi) is 5.17. The van der Waals surface area contributed by atoms with Crippen LogP contribution in [0.5, 0.6) is 0 Å². The van der Waals surface area contributed by atoms with Gasteiger partial charge in [-0.25, -0.2) is 4.39 Å². The van der Waals surface area contributed by atoms with E-state index in [0.717, 1.165) is 6.07 Å². The highest BCUT2D eigenvalue weighted by Crippen LogP contribution is 2.37. The van der Waals surface area contributed by atoms with Gasteiger partial charge in [-0.1, -0.05) is 20.8 Å². The molecule has 2 aromatic rings. The standard InChI is InChI=1S/C15H21BrFN3O3Si/c1-15(2,3)24(4,5)23-7-6-19-14-10(9-18-19)13(16)12(20(21)22)8-11(14)17/h8-9H,6-7H2,1-5H3. The molecule has 24 heavy (non-hydrogen) atoms. The maximum absolute atomic E-state index is 14.3. The molecule has 0 atom stereocenters. The van der Waals surface area contributed by atoms with Crippen LogP contribution in [0.4, 0.5) is 10.1 Å². The summed E-state index contributed by atoms with van der Waals surface area (Å²) in [4.78, 5) is 10.3. The fourth-order valence-corrected chi connectivity index (χ4v) is 3.68. The number of nitro benzene ring substituents is 1. The van der Waals surface area contributed by atoms with Crippen LogP contribution in [0.2, 0.25) is 18.1 Å². The van der Waals surface area contributed by atoms with Crippen molar-refractivity contribution >= 4 is 40.8 Å². The van der Waals surface area contributed by atoms with Crippen molar-refractivity contribution in [3.8, 4) is 0 Å². The SMILES string of the molecule is CC(C)(C)[Si](C)(C)OCCn1ncc2c(Br)c([N+](=O)[O-])cc(F)c21. The van der Waals surface area contributed by atoms with Gasteiger partial charge in [0.25, 0.3) is 5.69 Å². The number of fused-ring (bicyclic) bond motifs is 1. The molecule has 0 aliphatic heterocycles. The van der Waals surface area contributed by atoms with Gasteiger partial charge in [-0.15, -0.1) is 0 Å². The van der Waals surface area contributed by atoms with Gasteiger partial charge < -0.3 is 4.43 Å². The first-order valence-corrected chi connectivity index (χ1v) is 11.3. The van der Waals surface area contributed by atoms with E-state index >= 15 is 0 Å². The minimum absolute atomic E-state index is 0.0913. The fraction of sp³-hybridized carbons (Fsp3) is 0.533. The molecule has 2 rings (SSSR count). The number of nitrogens with zero attached hydrogens (tertiary/aromatic N) is 3. The molecule has 9 heteroatoms. The van der Waals surface area contributed by atoms with Crippen molar-refractivity contribution in [2.24, 2.45) is 0 Å². The number of hydrogen-bond donors (Lipinski definition) is 0. The van der Waals surface area contributed by atoms with E-state index in [1.54, 1.807) is 0 Å². The second-order valence-corrected chi connectivity index (χ2v) is 12.8. The summed E-state index contributed by atoms with van der Waals surface area (Å²) in [7, 11) is -1.89. The normalized spacial score (nSPS) is 12.8. The van der Waals surface area contributed by atoms with Gasteiger partial charge in [0, 0.05) is 5.39 Å². The van der Waals surface area contributed by atoms with E-state index in [4.69, 9.17) is 4.43 Å². The number of rotatable bonds is 5. The van der Waals surface area contributed by atoms with Crippen LogP contribution in [0.1, 0.15) is 20.8 Å². The van der Waals surface area contributed by atoms with Crippen molar-refractivity contribution in [2.45, 2.75) is 45.4 Å². The minimum Gasteiger partial charge on any atom is -0.415 e. The number of nitro groups is 1. The van der Waals surface area contributed by atoms with Gasteiger partial charge in [0.2, 0.25) is 0 Å². The highest BCUT2D eigenvalue weighted by molar-refractivity contribution is 9.10. The van der Waals surface area contributed by atoms with E-state index in [1.807, 2.05) is 0 Å².